The number of aromatic carboxylic acids is 1. The quantitative estimate of drug-likeness (QED) is 0.369. The SMILES string of the molecule is O=C(Nc1ccc(C(=O)O)cc1)Nc1ccc2c(c1)Cc1c-2[nH]c(=O)c2nccn12. The van der Waals surface area contributed by atoms with Crippen LogP contribution < -0.4 is 16.2 Å². The molecule has 0 radical (unpaired) electrons. The number of aromatic amines is 1. The summed E-state index contributed by atoms with van der Waals surface area (Å²) in [4.78, 5) is 42.4. The Morgan fingerprint density at radius 3 is 2.57 bits per heavy atom. The van der Waals surface area contributed by atoms with E-state index in [1.54, 1.807) is 22.9 Å². The minimum absolute atomic E-state index is 0.143. The number of carboxylic acids is 1. The van der Waals surface area contributed by atoms with Crippen LogP contribution in [0.15, 0.2) is 59.7 Å². The first-order valence-corrected chi connectivity index (χ1v) is 9.12. The number of amides is 2. The van der Waals surface area contributed by atoms with Gasteiger partial charge in [-0.2, -0.15) is 0 Å². The normalized spacial score (nSPS) is 11.7. The number of hydrogen-bond acceptors (Lipinski definition) is 4. The average Bonchev–Trinajstić information content (AvgIpc) is 3.33. The van der Waals surface area contributed by atoms with Gasteiger partial charge < -0.3 is 20.7 Å². The zero-order valence-corrected chi connectivity index (χ0v) is 15.5. The maximum atomic E-state index is 12.3. The van der Waals surface area contributed by atoms with Crippen molar-refractivity contribution < 1.29 is 14.7 Å². The number of benzene rings is 2. The molecule has 0 saturated carbocycles. The van der Waals surface area contributed by atoms with Gasteiger partial charge in [0, 0.05) is 35.8 Å². The fraction of sp³-hybridized carbons (Fsp3) is 0.0476. The van der Waals surface area contributed by atoms with Gasteiger partial charge in [-0.1, -0.05) is 6.07 Å². The van der Waals surface area contributed by atoms with Gasteiger partial charge in [-0.05, 0) is 42.0 Å². The number of imidazole rings is 1. The van der Waals surface area contributed by atoms with E-state index >= 15 is 0 Å². The third-order valence-corrected chi connectivity index (χ3v) is 5.04. The first-order valence-electron chi connectivity index (χ1n) is 9.12. The lowest BCUT2D eigenvalue weighted by Gasteiger charge is -2.09. The molecule has 2 aromatic heterocycles. The highest BCUT2D eigenvalue weighted by atomic mass is 16.4. The van der Waals surface area contributed by atoms with Crippen LogP contribution in [0.5, 0.6) is 0 Å². The molecule has 148 valence electrons. The van der Waals surface area contributed by atoms with Gasteiger partial charge in [0.15, 0.2) is 0 Å². The molecule has 0 atom stereocenters. The summed E-state index contributed by atoms with van der Waals surface area (Å²) in [5, 5.41) is 14.4. The molecule has 0 saturated heterocycles. The van der Waals surface area contributed by atoms with E-state index in [-0.39, 0.29) is 11.1 Å². The van der Waals surface area contributed by atoms with Crippen LogP contribution in [0, 0.1) is 0 Å². The van der Waals surface area contributed by atoms with E-state index < -0.39 is 12.0 Å². The minimum Gasteiger partial charge on any atom is -0.478 e. The van der Waals surface area contributed by atoms with Crippen molar-refractivity contribution >= 4 is 29.0 Å². The van der Waals surface area contributed by atoms with E-state index in [4.69, 9.17) is 5.11 Å². The van der Waals surface area contributed by atoms with Crippen LogP contribution >= 0.6 is 0 Å². The Morgan fingerprint density at radius 1 is 1.07 bits per heavy atom. The molecular weight excluding hydrogens is 386 g/mol. The molecule has 30 heavy (non-hydrogen) atoms. The van der Waals surface area contributed by atoms with Crippen molar-refractivity contribution in [1.82, 2.24) is 14.4 Å². The molecule has 4 N–H and O–H groups in total. The van der Waals surface area contributed by atoms with E-state index in [0.717, 1.165) is 22.5 Å². The number of fused-ring (bicyclic) bond motifs is 5. The summed E-state index contributed by atoms with van der Waals surface area (Å²) in [6.07, 6.45) is 3.95. The van der Waals surface area contributed by atoms with Crippen molar-refractivity contribution in [2.24, 2.45) is 0 Å². The number of rotatable bonds is 3. The molecule has 0 spiro atoms. The summed E-state index contributed by atoms with van der Waals surface area (Å²) < 4.78 is 1.79. The molecule has 0 bridgehead atoms. The number of carboxylic acid groups (broad SMARTS) is 1. The lowest BCUT2D eigenvalue weighted by molar-refractivity contribution is 0.0697. The number of H-pyrrole nitrogens is 1. The van der Waals surface area contributed by atoms with Crippen LogP contribution in [-0.2, 0) is 6.42 Å². The lowest BCUT2D eigenvalue weighted by atomic mass is 10.1. The molecule has 0 aliphatic heterocycles. The molecule has 4 aromatic rings. The molecular formula is C21H15N5O4. The summed E-state index contributed by atoms with van der Waals surface area (Å²) in [5.74, 6) is -1.03. The van der Waals surface area contributed by atoms with Crippen molar-refractivity contribution in [3.8, 4) is 11.3 Å². The molecule has 2 aromatic carbocycles. The molecule has 1 aliphatic carbocycles. The van der Waals surface area contributed by atoms with Gasteiger partial charge in [-0.25, -0.2) is 14.6 Å². The number of anilines is 2. The lowest BCUT2D eigenvalue weighted by Crippen LogP contribution is -2.19. The average molecular weight is 401 g/mol. The number of carbonyl (C=O) groups excluding carboxylic acids is 1. The molecule has 2 amide bonds. The molecule has 1 aliphatic rings. The second kappa shape index (κ2) is 6.59. The van der Waals surface area contributed by atoms with Crippen LogP contribution in [0.4, 0.5) is 16.2 Å². The van der Waals surface area contributed by atoms with E-state index in [1.165, 1.54) is 24.3 Å². The van der Waals surface area contributed by atoms with E-state index in [2.05, 4.69) is 20.6 Å². The summed E-state index contributed by atoms with van der Waals surface area (Å²) in [7, 11) is 0. The predicted octanol–water partition coefficient (Wildman–Crippen LogP) is 2.94. The number of hydrogen-bond donors (Lipinski definition) is 4. The fourth-order valence-electron chi connectivity index (χ4n) is 3.68. The number of urea groups is 1. The Hall–Kier alpha value is -4.40. The summed E-state index contributed by atoms with van der Waals surface area (Å²) in [6.45, 7) is 0. The Balaban J connectivity index is 1.36. The first-order chi connectivity index (χ1) is 14.5. The van der Waals surface area contributed by atoms with Crippen LogP contribution in [0.1, 0.15) is 21.6 Å². The van der Waals surface area contributed by atoms with Gasteiger partial charge in [0.25, 0.3) is 5.56 Å². The maximum absolute atomic E-state index is 12.3. The Labute approximate surface area is 169 Å². The van der Waals surface area contributed by atoms with Crippen molar-refractivity contribution in [3.05, 3.63) is 82.0 Å². The van der Waals surface area contributed by atoms with Crippen molar-refractivity contribution in [2.75, 3.05) is 10.6 Å². The Morgan fingerprint density at radius 2 is 1.80 bits per heavy atom. The fourth-order valence-corrected chi connectivity index (χ4v) is 3.68. The van der Waals surface area contributed by atoms with Gasteiger partial charge in [0.2, 0.25) is 5.65 Å². The minimum atomic E-state index is -1.03. The van der Waals surface area contributed by atoms with Gasteiger partial charge >= 0.3 is 12.0 Å². The smallest absolute Gasteiger partial charge is 0.335 e. The van der Waals surface area contributed by atoms with Crippen molar-refractivity contribution in [2.45, 2.75) is 6.42 Å². The van der Waals surface area contributed by atoms with Crippen LogP contribution in [0.3, 0.4) is 0 Å². The molecule has 2 heterocycles. The highest BCUT2D eigenvalue weighted by Crippen LogP contribution is 2.35. The third kappa shape index (κ3) is 2.89. The highest BCUT2D eigenvalue weighted by molar-refractivity contribution is 6.00. The van der Waals surface area contributed by atoms with Crippen LogP contribution in [0.2, 0.25) is 0 Å². The highest BCUT2D eigenvalue weighted by Gasteiger charge is 2.23. The molecule has 0 fully saturated rings. The third-order valence-electron chi connectivity index (χ3n) is 5.04. The van der Waals surface area contributed by atoms with Gasteiger partial charge in [-0.3, -0.25) is 9.20 Å². The second-order valence-corrected chi connectivity index (χ2v) is 6.91. The number of nitrogens with one attached hydrogen (secondary N) is 3. The maximum Gasteiger partial charge on any atom is 0.335 e. The summed E-state index contributed by atoms with van der Waals surface area (Å²) in [6, 6.07) is 10.9. The molecule has 0 unspecified atom stereocenters. The number of aromatic nitrogens is 3. The van der Waals surface area contributed by atoms with E-state index in [0.29, 0.717) is 23.4 Å². The van der Waals surface area contributed by atoms with Crippen molar-refractivity contribution in [1.29, 1.82) is 0 Å². The molecule has 9 heteroatoms. The number of nitrogens with zero attached hydrogens (tertiary/aromatic N) is 2. The zero-order chi connectivity index (χ0) is 20.8. The molecule has 5 rings (SSSR count). The standard InChI is InChI=1S/C21H15N5O4/c27-19-18-22-7-8-26(18)16-10-12-9-14(5-6-15(12)17(16)25-19)24-21(30)23-13-3-1-11(2-4-13)20(28)29/h1-9H,10H2,(H,25,27)(H,28,29)(H2,23,24,30). The predicted molar refractivity (Wildman–Crippen MR) is 110 cm³/mol. The largest absolute Gasteiger partial charge is 0.478 e. The van der Waals surface area contributed by atoms with Crippen molar-refractivity contribution in [3.63, 3.8) is 0 Å². The van der Waals surface area contributed by atoms with E-state index in [9.17, 15) is 14.4 Å². The Bertz CT molecular complexity index is 1390. The molecule has 9 nitrogen and oxygen atoms in total. The van der Waals surface area contributed by atoms with E-state index in [1.807, 2.05) is 12.1 Å². The zero-order valence-electron chi connectivity index (χ0n) is 15.5. The first kappa shape index (κ1) is 17.7. The van der Waals surface area contributed by atoms with Gasteiger partial charge in [0.1, 0.15) is 0 Å². The second-order valence-electron chi connectivity index (χ2n) is 6.91. The summed E-state index contributed by atoms with van der Waals surface area (Å²) in [5.41, 5.74) is 4.92. The van der Waals surface area contributed by atoms with Gasteiger partial charge in [-0.15, -0.1) is 0 Å². The van der Waals surface area contributed by atoms with Crippen LogP contribution in [-0.4, -0.2) is 31.5 Å². The van der Waals surface area contributed by atoms with Gasteiger partial charge in [0.05, 0.1) is 17.0 Å². The summed E-state index contributed by atoms with van der Waals surface area (Å²) >= 11 is 0. The monoisotopic (exact) mass is 401 g/mol. The number of carbonyl (C=O) groups is 2. The Kier molecular flexibility index (Phi) is 3.88. The topological polar surface area (TPSA) is 129 Å². The van der Waals surface area contributed by atoms with Crippen LogP contribution in [0.25, 0.3) is 16.9 Å².